The van der Waals surface area contributed by atoms with Crippen molar-refractivity contribution in [3.8, 4) is 5.75 Å². The second-order valence-corrected chi connectivity index (χ2v) is 10.6. The topological polar surface area (TPSA) is 96.0 Å². The maximum absolute atomic E-state index is 13.7. The molecular formula is C25H34ClN3O5S. The number of carbonyl (C=O) groups excluding carboxylic acids is 2. The number of benzene rings is 2. The Morgan fingerprint density at radius 1 is 1.14 bits per heavy atom. The zero-order chi connectivity index (χ0) is 26.2. The number of ether oxygens (including phenoxy) is 1. The summed E-state index contributed by atoms with van der Waals surface area (Å²) in [6.07, 6.45) is 2.17. The van der Waals surface area contributed by atoms with E-state index in [0.29, 0.717) is 35.0 Å². The highest BCUT2D eigenvalue weighted by Crippen LogP contribution is 2.26. The zero-order valence-electron chi connectivity index (χ0n) is 20.9. The number of carbonyl (C=O) groups is 2. The average molecular weight is 524 g/mol. The van der Waals surface area contributed by atoms with E-state index < -0.39 is 28.5 Å². The van der Waals surface area contributed by atoms with E-state index in [1.165, 1.54) is 4.90 Å². The van der Waals surface area contributed by atoms with Crippen molar-refractivity contribution in [2.45, 2.75) is 46.2 Å². The van der Waals surface area contributed by atoms with Gasteiger partial charge in [0.1, 0.15) is 18.3 Å². The Morgan fingerprint density at radius 3 is 2.43 bits per heavy atom. The number of methoxy groups -OCH3 is 1. The summed E-state index contributed by atoms with van der Waals surface area (Å²) in [5, 5.41) is 3.32. The van der Waals surface area contributed by atoms with Crippen LogP contribution in [0.4, 0.5) is 5.69 Å². The van der Waals surface area contributed by atoms with E-state index >= 15 is 0 Å². The van der Waals surface area contributed by atoms with Gasteiger partial charge in [-0.05, 0) is 61.2 Å². The highest BCUT2D eigenvalue weighted by molar-refractivity contribution is 7.92. The lowest BCUT2D eigenvalue weighted by atomic mass is 10.1. The summed E-state index contributed by atoms with van der Waals surface area (Å²) in [5.41, 5.74) is 1.73. The summed E-state index contributed by atoms with van der Waals surface area (Å²) in [5.74, 6) is -0.154. The molecule has 0 spiro atoms. The predicted molar refractivity (Wildman–Crippen MR) is 139 cm³/mol. The lowest BCUT2D eigenvalue weighted by molar-refractivity contribution is -0.140. The maximum atomic E-state index is 13.7. The summed E-state index contributed by atoms with van der Waals surface area (Å²) < 4.78 is 31.8. The van der Waals surface area contributed by atoms with Crippen LogP contribution in [0, 0.1) is 6.92 Å². The first-order valence-electron chi connectivity index (χ1n) is 11.5. The van der Waals surface area contributed by atoms with Gasteiger partial charge in [0.2, 0.25) is 21.8 Å². The molecule has 0 aromatic heterocycles. The number of amides is 2. The van der Waals surface area contributed by atoms with Crippen molar-refractivity contribution in [2.24, 2.45) is 0 Å². The number of anilines is 1. The molecule has 0 saturated heterocycles. The second kappa shape index (κ2) is 12.8. The van der Waals surface area contributed by atoms with Gasteiger partial charge in [0.25, 0.3) is 0 Å². The molecule has 0 aliphatic rings. The molecule has 0 aliphatic heterocycles. The molecule has 0 aliphatic carbocycles. The van der Waals surface area contributed by atoms with E-state index in [9.17, 15) is 18.0 Å². The highest BCUT2D eigenvalue weighted by atomic mass is 35.5. The second-order valence-electron chi connectivity index (χ2n) is 8.29. The number of nitrogens with zero attached hydrogens (tertiary/aromatic N) is 2. The highest BCUT2D eigenvalue weighted by Gasteiger charge is 2.32. The van der Waals surface area contributed by atoms with Crippen molar-refractivity contribution >= 4 is 39.1 Å². The van der Waals surface area contributed by atoms with Crippen molar-refractivity contribution < 1.29 is 22.7 Å². The number of nitrogens with one attached hydrogen (secondary N) is 1. The fourth-order valence-corrected chi connectivity index (χ4v) is 4.88. The minimum absolute atomic E-state index is 0.116. The van der Waals surface area contributed by atoms with Crippen LogP contribution in [0.3, 0.4) is 0 Å². The SMILES string of the molecule is CCCNC(=O)[C@@H](CC)N(Cc1cccc(OC)c1)C(=O)CN(c1ccc(Cl)cc1C)S(C)(=O)=O. The van der Waals surface area contributed by atoms with Gasteiger partial charge in [0, 0.05) is 18.1 Å². The molecule has 2 rings (SSSR count). The Hall–Kier alpha value is -2.78. The molecule has 0 bridgehead atoms. The lowest BCUT2D eigenvalue weighted by Crippen LogP contribution is -2.52. The van der Waals surface area contributed by atoms with Gasteiger partial charge in [-0.2, -0.15) is 0 Å². The minimum atomic E-state index is -3.81. The standard InChI is InChI=1S/C25H34ClN3O5S/c1-6-13-27-25(31)22(7-2)28(16-19-9-8-10-21(15-19)34-4)24(30)17-29(35(5,32)33)23-12-11-20(26)14-18(23)3/h8-12,14-15,22H,6-7,13,16-17H2,1-5H3,(H,27,31)/t22-/m1/s1. The van der Waals surface area contributed by atoms with Crippen molar-refractivity contribution in [3.63, 3.8) is 0 Å². The molecule has 0 fully saturated rings. The van der Waals surface area contributed by atoms with Crippen LogP contribution < -0.4 is 14.4 Å². The minimum Gasteiger partial charge on any atom is -0.497 e. The number of sulfonamides is 1. The van der Waals surface area contributed by atoms with E-state index in [1.54, 1.807) is 50.4 Å². The summed E-state index contributed by atoms with van der Waals surface area (Å²) in [4.78, 5) is 28.1. The van der Waals surface area contributed by atoms with Crippen molar-refractivity contribution in [1.82, 2.24) is 10.2 Å². The molecule has 10 heteroatoms. The number of rotatable bonds is 12. The molecule has 2 aromatic carbocycles. The monoisotopic (exact) mass is 523 g/mol. The van der Waals surface area contributed by atoms with E-state index in [0.717, 1.165) is 22.5 Å². The average Bonchev–Trinajstić information content (AvgIpc) is 2.80. The molecule has 2 amide bonds. The number of halogens is 1. The van der Waals surface area contributed by atoms with E-state index in [-0.39, 0.29) is 12.5 Å². The fraction of sp³-hybridized carbons (Fsp3) is 0.440. The van der Waals surface area contributed by atoms with Crippen LogP contribution in [0.5, 0.6) is 5.75 Å². The third-order valence-electron chi connectivity index (χ3n) is 5.53. The normalized spacial score (nSPS) is 12.1. The van der Waals surface area contributed by atoms with Gasteiger partial charge in [0.15, 0.2) is 0 Å². The Kier molecular flexibility index (Phi) is 10.4. The Labute approximate surface area is 213 Å². The van der Waals surface area contributed by atoms with Crippen LogP contribution in [0.15, 0.2) is 42.5 Å². The molecular weight excluding hydrogens is 490 g/mol. The van der Waals surface area contributed by atoms with Crippen LogP contribution in [-0.2, 0) is 26.2 Å². The summed E-state index contributed by atoms with van der Waals surface area (Å²) in [6.45, 7) is 5.63. The zero-order valence-corrected chi connectivity index (χ0v) is 22.4. The van der Waals surface area contributed by atoms with Crippen molar-refractivity contribution in [3.05, 3.63) is 58.6 Å². The van der Waals surface area contributed by atoms with Gasteiger partial charge < -0.3 is 15.0 Å². The quantitative estimate of drug-likeness (QED) is 0.457. The number of hydrogen-bond donors (Lipinski definition) is 1. The Morgan fingerprint density at radius 2 is 1.86 bits per heavy atom. The smallest absolute Gasteiger partial charge is 0.244 e. The number of aryl methyl sites for hydroxylation is 1. The first kappa shape index (κ1) is 28.5. The molecule has 0 saturated carbocycles. The molecule has 1 N–H and O–H groups in total. The molecule has 35 heavy (non-hydrogen) atoms. The first-order valence-corrected chi connectivity index (χ1v) is 13.7. The van der Waals surface area contributed by atoms with E-state index in [4.69, 9.17) is 16.3 Å². The molecule has 2 aromatic rings. The van der Waals surface area contributed by atoms with Crippen molar-refractivity contribution in [2.75, 3.05) is 30.8 Å². The molecule has 192 valence electrons. The molecule has 1 atom stereocenters. The summed E-state index contributed by atoms with van der Waals surface area (Å²) in [6, 6.07) is 11.2. The largest absolute Gasteiger partial charge is 0.497 e. The molecule has 8 nitrogen and oxygen atoms in total. The van der Waals surface area contributed by atoms with Crippen LogP contribution in [0.2, 0.25) is 5.02 Å². The van der Waals surface area contributed by atoms with Gasteiger partial charge in [-0.1, -0.05) is 37.6 Å². The summed E-state index contributed by atoms with van der Waals surface area (Å²) in [7, 11) is -2.26. The number of hydrogen-bond acceptors (Lipinski definition) is 5. The first-order chi connectivity index (χ1) is 16.5. The van der Waals surface area contributed by atoms with Crippen molar-refractivity contribution in [1.29, 1.82) is 0 Å². The fourth-order valence-electron chi connectivity index (χ4n) is 3.75. The molecule has 0 radical (unpaired) electrons. The van der Waals surface area contributed by atoms with E-state index in [2.05, 4.69) is 5.32 Å². The Balaban J connectivity index is 2.47. The maximum Gasteiger partial charge on any atom is 0.244 e. The lowest BCUT2D eigenvalue weighted by Gasteiger charge is -2.33. The third-order valence-corrected chi connectivity index (χ3v) is 6.89. The molecule has 0 heterocycles. The van der Waals surface area contributed by atoms with Crippen LogP contribution in [-0.4, -0.2) is 57.6 Å². The van der Waals surface area contributed by atoms with Gasteiger partial charge in [-0.15, -0.1) is 0 Å². The Bertz CT molecular complexity index is 1140. The van der Waals surface area contributed by atoms with Crippen LogP contribution in [0.1, 0.15) is 37.8 Å². The van der Waals surface area contributed by atoms with Gasteiger partial charge >= 0.3 is 0 Å². The third kappa shape index (κ3) is 7.86. The van der Waals surface area contributed by atoms with Crippen LogP contribution >= 0.6 is 11.6 Å². The van der Waals surface area contributed by atoms with Gasteiger partial charge in [0.05, 0.1) is 19.1 Å². The van der Waals surface area contributed by atoms with Gasteiger partial charge in [-0.25, -0.2) is 8.42 Å². The van der Waals surface area contributed by atoms with E-state index in [1.807, 2.05) is 19.9 Å². The molecule has 0 unspecified atom stereocenters. The van der Waals surface area contributed by atoms with Gasteiger partial charge in [-0.3, -0.25) is 13.9 Å². The summed E-state index contributed by atoms with van der Waals surface area (Å²) >= 11 is 6.05. The predicted octanol–water partition coefficient (Wildman–Crippen LogP) is 3.76. The van der Waals surface area contributed by atoms with Crippen LogP contribution in [0.25, 0.3) is 0 Å².